The van der Waals surface area contributed by atoms with Crippen molar-refractivity contribution in [3.63, 3.8) is 0 Å². The lowest BCUT2D eigenvalue weighted by atomic mass is 10.1. The van der Waals surface area contributed by atoms with Crippen molar-refractivity contribution >= 4 is 11.6 Å². The van der Waals surface area contributed by atoms with Crippen LogP contribution in [0.15, 0.2) is 18.2 Å². The Morgan fingerprint density at radius 2 is 2.29 bits per heavy atom. The fourth-order valence-electron chi connectivity index (χ4n) is 1.71. The van der Waals surface area contributed by atoms with Gasteiger partial charge >= 0.3 is 0 Å². The third-order valence-corrected chi connectivity index (χ3v) is 2.46. The molecule has 0 atom stereocenters. The molecule has 0 amide bonds. The van der Waals surface area contributed by atoms with Crippen LogP contribution in [-0.4, -0.2) is 25.0 Å². The quantitative estimate of drug-likeness (QED) is 0.624. The number of benzene rings is 1. The van der Waals surface area contributed by atoms with Gasteiger partial charge in [0.15, 0.2) is 5.94 Å². The monoisotopic (exact) mass is 189 g/mol. The summed E-state index contributed by atoms with van der Waals surface area (Å²) in [4.78, 5) is 12.6. The number of rotatable bonds is 1. The van der Waals surface area contributed by atoms with Crippen LogP contribution in [0.3, 0.4) is 0 Å². The first-order chi connectivity index (χ1) is 6.76. The summed E-state index contributed by atoms with van der Waals surface area (Å²) in [5.41, 5.74) is 2.69. The third-order valence-electron chi connectivity index (χ3n) is 2.46. The first-order valence-electron chi connectivity index (χ1n) is 4.40. The zero-order valence-electron chi connectivity index (χ0n) is 8.20. The molecule has 3 nitrogen and oxygen atoms in total. The molecular weight excluding hydrogens is 178 g/mol. The predicted molar refractivity (Wildman–Crippen MR) is 53.6 cm³/mol. The van der Waals surface area contributed by atoms with Crippen molar-refractivity contribution in [1.82, 2.24) is 4.90 Å². The average Bonchev–Trinajstić information content (AvgIpc) is 2.52. The standard InChI is InChI=1S/C11H11NO2/c1-12-6-8-3-4-9(14-2)5-10(8)11(12)7-13/h3-5H,6H2,1-2H3. The summed E-state index contributed by atoms with van der Waals surface area (Å²) < 4.78 is 5.11. The number of ether oxygens (including phenoxy) is 1. The molecule has 14 heavy (non-hydrogen) atoms. The normalized spacial score (nSPS) is 13.9. The molecule has 0 aliphatic carbocycles. The highest BCUT2D eigenvalue weighted by atomic mass is 16.5. The van der Waals surface area contributed by atoms with E-state index in [0.29, 0.717) is 5.70 Å². The molecule has 0 radical (unpaired) electrons. The first kappa shape index (κ1) is 8.85. The van der Waals surface area contributed by atoms with Crippen LogP contribution in [0.2, 0.25) is 0 Å². The Hall–Kier alpha value is -1.73. The second-order valence-corrected chi connectivity index (χ2v) is 3.33. The second kappa shape index (κ2) is 3.20. The Balaban J connectivity index is 2.56. The molecule has 0 spiro atoms. The largest absolute Gasteiger partial charge is 0.497 e. The highest BCUT2D eigenvalue weighted by Crippen LogP contribution is 2.31. The van der Waals surface area contributed by atoms with E-state index in [-0.39, 0.29) is 0 Å². The van der Waals surface area contributed by atoms with E-state index in [0.717, 1.165) is 23.4 Å². The van der Waals surface area contributed by atoms with Crippen LogP contribution in [0.5, 0.6) is 5.75 Å². The van der Waals surface area contributed by atoms with Gasteiger partial charge in [0.2, 0.25) is 0 Å². The number of nitrogens with zero attached hydrogens (tertiary/aromatic N) is 1. The molecule has 0 saturated heterocycles. The number of carbonyl (C=O) groups excluding carboxylic acids is 1. The molecule has 1 aliphatic heterocycles. The zero-order chi connectivity index (χ0) is 10.1. The maximum Gasteiger partial charge on any atom is 0.151 e. The molecule has 0 unspecified atom stereocenters. The van der Waals surface area contributed by atoms with Crippen LogP contribution in [0, 0.1) is 0 Å². The number of hydrogen-bond acceptors (Lipinski definition) is 3. The molecule has 0 aromatic heterocycles. The summed E-state index contributed by atoms with van der Waals surface area (Å²) in [6, 6.07) is 5.76. The zero-order valence-corrected chi connectivity index (χ0v) is 8.20. The molecule has 72 valence electrons. The van der Waals surface area contributed by atoms with Crippen molar-refractivity contribution in [3.8, 4) is 5.75 Å². The summed E-state index contributed by atoms with van der Waals surface area (Å²) in [6.45, 7) is 0.768. The summed E-state index contributed by atoms with van der Waals surface area (Å²) in [6.07, 6.45) is 0. The van der Waals surface area contributed by atoms with E-state index in [1.165, 1.54) is 0 Å². The minimum absolute atomic E-state index is 0.610. The van der Waals surface area contributed by atoms with Crippen molar-refractivity contribution in [2.75, 3.05) is 14.2 Å². The van der Waals surface area contributed by atoms with Crippen molar-refractivity contribution in [3.05, 3.63) is 29.3 Å². The molecule has 3 heteroatoms. The maximum atomic E-state index is 10.7. The number of methoxy groups -OCH3 is 1. The molecule has 2 rings (SSSR count). The van der Waals surface area contributed by atoms with E-state index in [9.17, 15) is 4.79 Å². The van der Waals surface area contributed by atoms with Gasteiger partial charge in [-0.1, -0.05) is 6.07 Å². The molecule has 0 saturated carbocycles. The molecule has 1 aliphatic rings. The Bertz CT molecular complexity index is 419. The van der Waals surface area contributed by atoms with Crippen molar-refractivity contribution in [1.29, 1.82) is 0 Å². The van der Waals surface area contributed by atoms with E-state index in [4.69, 9.17) is 4.74 Å². The van der Waals surface area contributed by atoms with Gasteiger partial charge in [-0.2, -0.15) is 0 Å². The highest BCUT2D eigenvalue weighted by molar-refractivity contribution is 5.89. The summed E-state index contributed by atoms with van der Waals surface area (Å²) >= 11 is 0. The van der Waals surface area contributed by atoms with Gasteiger partial charge in [-0.3, -0.25) is 0 Å². The fraction of sp³-hybridized carbons (Fsp3) is 0.273. The minimum atomic E-state index is 0.610. The lowest BCUT2D eigenvalue weighted by molar-refractivity contribution is 0.414. The van der Waals surface area contributed by atoms with Gasteiger partial charge < -0.3 is 9.64 Å². The van der Waals surface area contributed by atoms with Crippen molar-refractivity contribution < 1.29 is 9.53 Å². The summed E-state index contributed by atoms with van der Waals surface area (Å²) in [7, 11) is 3.50. The molecule has 1 aromatic carbocycles. The first-order valence-corrected chi connectivity index (χ1v) is 4.40. The molecule has 0 fully saturated rings. The van der Waals surface area contributed by atoms with Crippen LogP contribution >= 0.6 is 0 Å². The summed E-state index contributed by atoms with van der Waals surface area (Å²) in [5.74, 6) is 2.73. The molecule has 1 heterocycles. The molecule has 0 bridgehead atoms. The van der Waals surface area contributed by atoms with Gasteiger partial charge in [0.25, 0.3) is 0 Å². The van der Waals surface area contributed by atoms with Gasteiger partial charge in [-0.15, -0.1) is 0 Å². The number of hydrogen-bond donors (Lipinski definition) is 0. The average molecular weight is 189 g/mol. The van der Waals surface area contributed by atoms with Gasteiger partial charge in [0, 0.05) is 19.2 Å². The Morgan fingerprint density at radius 3 is 2.93 bits per heavy atom. The van der Waals surface area contributed by atoms with Gasteiger partial charge in [0.1, 0.15) is 11.4 Å². The smallest absolute Gasteiger partial charge is 0.151 e. The maximum absolute atomic E-state index is 10.7. The number of fused-ring (bicyclic) bond motifs is 1. The minimum Gasteiger partial charge on any atom is -0.497 e. The SMILES string of the molecule is COc1ccc2c(c1)C(=C=O)N(C)C2. The van der Waals surface area contributed by atoms with E-state index in [1.54, 1.807) is 7.11 Å². The predicted octanol–water partition coefficient (Wildman–Crippen LogP) is 1.31. The van der Waals surface area contributed by atoms with Crippen LogP contribution in [0.25, 0.3) is 5.70 Å². The Morgan fingerprint density at radius 1 is 1.50 bits per heavy atom. The van der Waals surface area contributed by atoms with Crippen LogP contribution in [-0.2, 0) is 11.3 Å². The summed E-state index contributed by atoms with van der Waals surface area (Å²) in [5, 5.41) is 0. The highest BCUT2D eigenvalue weighted by Gasteiger charge is 2.22. The van der Waals surface area contributed by atoms with E-state index in [1.807, 2.05) is 36.1 Å². The van der Waals surface area contributed by atoms with Gasteiger partial charge in [-0.25, -0.2) is 4.79 Å². The van der Waals surface area contributed by atoms with E-state index in [2.05, 4.69) is 0 Å². The van der Waals surface area contributed by atoms with E-state index < -0.39 is 0 Å². The van der Waals surface area contributed by atoms with Gasteiger partial charge in [0.05, 0.1) is 7.11 Å². The lowest BCUT2D eigenvalue weighted by Crippen LogP contribution is -2.07. The van der Waals surface area contributed by atoms with Crippen LogP contribution < -0.4 is 4.74 Å². The third kappa shape index (κ3) is 1.19. The van der Waals surface area contributed by atoms with Crippen molar-refractivity contribution in [2.45, 2.75) is 6.54 Å². The topological polar surface area (TPSA) is 29.5 Å². The van der Waals surface area contributed by atoms with E-state index >= 15 is 0 Å². The van der Waals surface area contributed by atoms with Gasteiger partial charge in [-0.05, 0) is 17.7 Å². The Kier molecular flexibility index (Phi) is 2.02. The van der Waals surface area contributed by atoms with Crippen LogP contribution in [0.4, 0.5) is 0 Å². The fourth-order valence-corrected chi connectivity index (χ4v) is 1.71. The van der Waals surface area contributed by atoms with Crippen LogP contribution in [0.1, 0.15) is 11.1 Å². The molecule has 1 aromatic rings. The second-order valence-electron chi connectivity index (χ2n) is 3.33. The van der Waals surface area contributed by atoms with Crippen molar-refractivity contribution in [2.24, 2.45) is 0 Å². The lowest BCUT2D eigenvalue weighted by Gasteiger charge is -2.07. The molecular formula is C11H11NO2. The molecule has 0 N–H and O–H groups in total. The Labute approximate surface area is 82.6 Å².